The van der Waals surface area contributed by atoms with Crippen LogP contribution >= 0.6 is 12.6 Å². The number of hydrogen-bond donors (Lipinski definition) is 2. The number of aromatic carboxylic acids is 1. The van der Waals surface area contributed by atoms with E-state index in [1.807, 2.05) is 42.5 Å². The molecule has 3 rings (SSSR count). The van der Waals surface area contributed by atoms with Gasteiger partial charge in [0.2, 0.25) is 0 Å². The lowest BCUT2D eigenvalue weighted by atomic mass is 10.1. The first-order chi connectivity index (χ1) is 13.6. The van der Waals surface area contributed by atoms with E-state index in [1.54, 1.807) is 37.6 Å². The van der Waals surface area contributed by atoms with Gasteiger partial charge in [-0.3, -0.25) is 4.99 Å². The van der Waals surface area contributed by atoms with Crippen LogP contribution in [0.1, 0.15) is 21.5 Å². The molecule has 0 aromatic heterocycles. The van der Waals surface area contributed by atoms with E-state index in [9.17, 15) is 4.79 Å². The number of para-hydroxylation sites is 2. The third kappa shape index (κ3) is 4.72. The van der Waals surface area contributed by atoms with Crippen molar-refractivity contribution in [2.45, 2.75) is 11.5 Å². The number of carboxylic acid groups (broad SMARTS) is 1. The molecule has 0 unspecified atom stereocenters. The number of nitrogens with zero attached hydrogens (tertiary/aromatic N) is 1. The van der Waals surface area contributed by atoms with E-state index in [1.165, 1.54) is 0 Å². The normalized spacial score (nSPS) is 10.8. The Morgan fingerprint density at radius 2 is 1.82 bits per heavy atom. The van der Waals surface area contributed by atoms with E-state index in [0.717, 1.165) is 21.7 Å². The number of benzene rings is 3. The molecule has 0 saturated heterocycles. The van der Waals surface area contributed by atoms with Crippen LogP contribution in [0.25, 0.3) is 0 Å². The summed E-state index contributed by atoms with van der Waals surface area (Å²) < 4.78 is 11.4. The number of carbonyl (C=O) groups is 1. The predicted octanol–water partition coefficient (Wildman–Crippen LogP) is 5.01. The average molecular weight is 393 g/mol. The number of rotatable bonds is 7. The minimum atomic E-state index is -0.958. The van der Waals surface area contributed by atoms with Crippen molar-refractivity contribution in [3.8, 4) is 11.5 Å². The zero-order chi connectivity index (χ0) is 19.9. The number of thiol groups is 1. The molecule has 0 heterocycles. The van der Waals surface area contributed by atoms with E-state index in [0.29, 0.717) is 11.5 Å². The van der Waals surface area contributed by atoms with Crippen molar-refractivity contribution in [2.75, 3.05) is 7.11 Å². The lowest BCUT2D eigenvalue weighted by molar-refractivity contribution is 0.0697. The van der Waals surface area contributed by atoms with Gasteiger partial charge in [0.05, 0.1) is 18.4 Å². The molecule has 142 valence electrons. The second kappa shape index (κ2) is 9.10. The molecule has 0 saturated carbocycles. The molecule has 3 aromatic carbocycles. The molecule has 0 spiro atoms. The highest BCUT2D eigenvalue weighted by molar-refractivity contribution is 7.80. The van der Waals surface area contributed by atoms with Gasteiger partial charge in [0, 0.05) is 16.7 Å². The van der Waals surface area contributed by atoms with Crippen molar-refractivity contribution in [3.05, 3.63) is 83.4 Å². The lowest BCUT2D eigenvalue weighted by Gasteiger charge is -2.13. The molecular formula is C22H19NO4S. The molecule has 3 aromatic rings. The molecule has 0 bridgehead atoms. The van der Waals surface area contributed by atoms with Gasteiger partial charge in [-0.15, -0.1) is 12.6 Å². The summed E-state index contributed by atoms with van der Waals surface area (Å²) in [5, 5.41) is 8.99. The smallest absolute Gasteiger partial charge is 0.335 e. The summed E-state index contributed by atoms with van der Waals surface area (Å²) in [6.07, 6.45) is 1.71. The third-order valence-electron chi connectivity index (χ3n) is 4.04. The second-order valence-electron chi connectivity index (χ2n) is 5.92. The molecule has 1 N–H and O–H groups in total. The van der Waals surface area contributed by atoms with Crippen molar-refractivity contribution in [1.29, 1.82) is 0 Å². The lowest BCUT2D eigenvalue weighted by Crippen LogP contribution is -2.02. The van der Waals surface area contributed by atoms with Crippen molar-refractivity contribution in [2.24, 2.45) is 4.99 Å². The van der Waals surface area contributed by atoms with Crippen LogP contribution in [-0.2, 0) is 6.61 Å². The van der Waals surface area contributed by atoms with Crippen molar-refractivity contribution in [3.63, 3.8) is 0 Å². The van der Waals surface area contributed by atoms with E-state index < -0.39 is 5.97 Å². The van der Waals surface area contributed by atoms with Gasteiger partial charge >= 0.3 is 5.97 Å². The third-order valence-corrected chi connectivity index (χ3v) is 4.42. The number of hydrogen-bond acceptors (Lipinski definition) is 5. The van der Waals surface area contributed by atoms with Gasteiger partial charge in [-0.1, -0.05) is 30.3 Å². The molecule has 0 fully saturated rings. The maximum absolute atomic E-state index is 11.0. The Morgan fingerprint density at radius 1 is 1.07 bits per heavy atom. The first-order valence-electron chi connectivity index (χ1n) is 8.52. The van der Waals surface area contributed by atoms with E-state index in [-0.39, 0.29) is 12.2 Å². The van der Waals surface area contributed by atoms with Gasteiger partial charge in [0.1, 0.15) is 6.61 Å². The van der Waals surface area contributed by atoms with Gasteiger partial charge in [0.25, 0.3) is 0 Å². The van der Waals surface area contributed by atoms with E-state index in [2.05, 4.69) is 17.6 Å². The molecular weight excluding hydrogens is 374 g/mol. The summed E-state index contributed by atoms with van der Waals surface area (Å²) in [4.78, 5) is 16.2. The highest BCUT2D eigenvalue weighted by atomic mass is 32.1. The number of ether oxygens (including phenoxy) is 2. The Kier molecular flexibility index (Phi) is 6.34. The van der Waals surface area contributed by atoms with Gasteiger partial charge in [0.15, 0.2) is 11.5 Å². The molecule has 0 aliphatic heterocycles. The molecule has 0 aliphatic carbocycles. The zero-order valence-electron chi connectivity index (χ0n) is 15.2. The zero-order valence-corrected chi connectivity index (χ0v) is 16.1. The topological polar surface area (TPSA) is 68.1 Å². The Morgan fingerprint density at radius 3 is 2.50 bits per heavy atom. The van der Waals surface area contributed by atoms with Crippen LogP contribution in [0.2, 0.25) is 0 Å². The summed E-state index contributed by atoms with van der Waals surface area (Å²) in [7, 11) is 1.58. The molecule has 0 aliphatic rings. The number of aliphatic imine (C=N–C) groups is 1. The molecule has 6 heteroatoms. The molecule has 0 atom stereocenters. The van der Waals surface area contributed by atoms with Crippen LogP contribution in [0.15, 0.2) is 76.6 Å². The first kappa shape index (κ1) is 19.5. The van der Waals surface area contributed by atoms with Crippen LogP contribution < -0.4 is 9.47 Å². The van der Waals surface area contributed by atoms with Crippen LogP contribution in [0.5, 0.6) is 11.5 Å². The minimum absolute atomic E-state index is 0.235. The van der Waals surface area contributed by atoms with Crippen molar-refractivity contribution >= 4 is 30.5 Å². The molecule has 5 nitrogen and oxygen atoms in total. The van der Waals surface area contributed by atoms with E-state index >= 15 is 0 Å². The Hall–Kier alpha value is -3.25. The Bertz CT molecular complexity index is 1000. The van der Waals surface area contributed by atoms with Gasteiger partial charge < -0.3 is 14.6 Å². The van der Waals surface area contributed by atoms with E-state index in [4.69, 9.17) is 14.6 Å². The SMILES string of the molecule is COc1cccc(C=Nc2ccccc2S)c1OCc1ccc(C(=O)O)cc1. The predicted molar refractivity (Wildman–Crippen MR) is 112 cm³/mol. The summed E-state index contributed by atoms with van der Waals surface area (Å²) in [6, 6.07) is 19.7. The summed E-state index contributed by atoms with van der Waals surface area (Å²) in [5.41, 5.74) is 2.60. The standard InChI is InChI=1S/C22H19NO4S/c1-26-19-7-4-5-17(13-23-18-6-2-3-8-20(18)28)21(19)27-14-15-9-11-16(12-10-15)22(24)25/h2-13,28H,14H2,1H3,(H,24,25). The largest absolute Gasteiger partial charge is 0.493 e. The highest BCUT2D eigenvalue weighted by Gasteiger charge is 2.10. The quantitative estimate of drug-likeness (QED) is 0.437. The fourth-order valence-electron chi connectivity index (χ4n) is 2.56. The maximum atomic E-state index is 11.0. The van der Waals surface area contributed by atoms with Crippen LogP contribution in [0.3, 0.4) is 0 Å². The maximum Gasteiger partial charge on any atom is 0.335 e. The molecule has 0 amide bonds. The summed E-state index contributed by atoms with van der Waals surface area (Å²) in [6.45, 7) is 0.268. The van der Waals surface area contributed by atoms with Crippen LogP contribution in [0, 0.1) is 0 Å². The number of carboxylic acids is 1. The monoisotopic (exact) mass is 393 g/mol. The molecule has 28 heavy (non-hydrogen) atoms. The Labute approximate surface area is 168 Å². The average Bonchev–Trinajstić information content (AvgIpc) is 2.72. The fourth-order valence-corrected chi connectivity index (χ4v) is 2.78. The van der Waals surface area contributed by atoms with Gasteiger partial charge in [-0.05, 0) is 42.0 Å². The summed E-state index contributed by atoms with van der Waals surface area (Å²) >= 11 is 4.41. The minimum Gasteiger partial charge on any atom is -0.493 e. The second-order valence-corrected chi connectivity index (χ2v) is 6.40. The van der Waals surface area contributed by atoms with Crippen molar-refractivity contribution in [1.82, 2.24) is 0 Å². The Balaban J connectivity index is 1.83. The van der Waals surface area contributed by atoms with Crippen LogP contribution in [-0.4, -0.2) is 24.4 Å². The summed E-state index contributed by atoms with van der Waals surface area (Å²) in [5.74, 6) is 0.193. The van der Waals surface area contributed by atoms with Gasteiger partial charge in [-0.25, -0.2) is 4.79 Å². The molecule has 0 radical (unpaired) electrons. The van der Waals surface area contributed by atoms with Gasteiger partial charge in [-0.2, -0.15) is 0 Å². The fraction of sp³-hybridized carbons (Fsp3) is 0.0909. The van der Waals surface area contributed by atoms with Crippen molar-refractivity contribution < 1.29 is 19.4 Å². The number of methoxy groups -OCH3 is 1. The first-order valence-corrected chi connectivity index (χ1v) is 8.97. The van der Waals surface area contributed by atoms with Crippen LogP contribution in [0.4, 0.5) is 5.69 Å². The highest BCUT2D eigenvalue weighted by Crippen LogP contribution is 2.31.